The SMILES string of the molecule is Cn1ncnc1C1c2n[nH]c(=O)c3cc(F)cc(c23)NC1c1ccc(NC(=O)CCCCNC(=O)c2ccc(N3C(=S)N(c4ccc(C#N)c(C(F)(F)F)c4)C(=O)C3(C)C)cc2F)cc1. The monoisotopic (exact) mass is 909 g/mol. The van der Waals surface area contributed by atoms with E-state index in [1.54, 1.807) is 36.0 Å². The quantitative estimate of drug-likeness (QED) is 0.0596. The summed E-state index contributed by atoms with van der Waals surface area (Å²) in [5.74, 6) is -3.25. The Balaban J connectivity index is 0.859. The molecule has 4 aromatic carbocycles. The molecule has 2 aliphatic rings. The maximum absolute atomic E-state index is 15.5. The number of hydrogen-bond acceptors (Lipinski definition) is 10. The van der Waals surface area contributed by atoms with E-state index in [0.29, 0.717) is 47.2 Å². The minimum Gasteiger partial charge on any atom is -0.376 e. The Kier molecular flexibility index (Phi) is 11.4. The van der Waals surface area contributed by atoms with Crippen LogP contribution in [0.25, 0.3) is 10.8 Å². The van der Waals surface area contributed by atoms with Gasteiger partial charge in [-0.05, 0) is 105 Å². The van der Waals surface area contributed by atoms with Crippen molar-refractivity contribution in [1.29, 1.82) is 5.26 Å². The van der Waals surface area contributed by atoms with Crippen molar-refractivity contribution in [2.24, 2.45) is 7.05 Å². The summed E-state index contributed by atoms with van der Waals surface area (Å²) in [6.07, 6.45) is -2.62. The number of anilines is 4. The van der Waals surface area contributed by atoms with Gasteiger partial charge in [0.1, 0.15) is 29.3 Å². The van der Waals surface area contributed by atoms with Gasteiger partial charge in [-0.25, -0.2) is 18.9 Å². The van der Waals surface area contributed by atoms with E-state index in [0.717, 1.165) is 28.7 Å². The number of amides is 3. The van der Waals surface area contributed by atoms with Crippen molar-refractivity contribution in [2.45, 2.75) is 56.8 Å². The molecule has 0 radical (unpaired) electrons. The molecule has 8 rings (SSSR count). The molecule has 332 valence electrons. The molecule has 4 N–H and O–H groups in total. The van der Waals surface area contributed by atoms with Crippen LogP contribution in [0.5, 0.6) is 0 Å². The van der Waals surface area contributed by atoms with E-state index in [1.165, 1.54) is 55.4 Å². The summed E-state index contributed by atoms with van der Waals surface area (Å²) in [5.41, 5.74) is -2.20. The van der Waals surface area contributed by atoms with Gasteiger partial charge in [0.15, 0.2) is 5.11 Å². The minimum absolute atomic E-state index is 0.0725. The summed E-state index contributed by atoms with van der Waals surface area (Å²) < 4.78 is 72.9. The predicted octanol–water partition coefficient (Wildman–Crippen LogP) is 6.97. The van der Waals surface area contributed by atoms with Crippen LogP contribution in [0.1, 0.15) is 83.6 Å². The number of nitriles is 1. The Labute approximate surface area is 371 Å². The number of aryl methyl sites for hydroxylation is 1. The van der Waals surface area contributed by atoms with Crippen LogP contribution in [0.3, 0.4) is 0 Å². The molecule has 2 atom stereocenters. The Morgan fingerprint density at radius 2 is 1.72 bits per heavy atom. The van der Waals surface area contributed by atoms with Gasteiger partial charge >= 0.3 is 6.18 Å². The maximum Gasteiger partial charge on any atom is 0.417 e. The molecule has 0 aliphatic carbocycles. The van der Waals surface area contributed by atoms with Gasteiger partial charge in [0, 0.05) is 42.5 Å². The van der Waals surface area contributed by atoms with E-state index < -0.39 is 63.8 Å². The third kappa shape index (κ3) is 8.12. The zero-order valence-electron chi connectivity index (χ0n) is 34.6. The first-order valence-electron chi connectivity index (χ1n) is 20.0. The fraction of sp³-hybridized carbons (Fsp3) is 0.250. The topological polar surface area (TPSA) is 194 Å². The first-order valence-corrected chi connectivity index (χ1v) is 20.4. The lowest BCUT2D eigenvalue weighted by atomic mass is 9.83. The van der Waals surface area contributed by atoms with E-state index >= 15 is 4.39 Å². The van der Waals surface area contributed by atoms with Crippen molar-refractivity contribution in [3.05, 3.63) is 135 Å². The van der Waals surface area contributed by atoms with Gasteiger partial charge in [0.25, 0.3) is 17.4 Å². The van der Waals surface area contributed by atoms with Crippen molar-refractivity contribution >= 4 is 68.6 Å². The van der Waals surface area contributed by atoms with Gasteiger partial charge in [-0.1, -0.05) is 12.1 Å². The van der Waals surface area contributed by atoms with Crippen LogP contribution in [0, 0.1) is 23.0 Å². The molecule has 4 heterocycles. The number of unbranched alkanes of at least 4 members (excludes halogenated alkanes) is 1. The highest BCUT2D eigenvalue weighted by molar-refractivity contribution is 7.81. The number of thiocarbonyl (C=S) groups is 1. The lowest BCUT2D eigenvalue weighted by Crippen LogP contribution is -2.44. The standard InChI is InChI=1S/C44H36F5N11O4S/c1-43(2)41(64)59(26-12-9-23(20-50)30(18-26)44(47,48)49)42(65)60(43)27-13-14-28(31(46)19-27)39(62)51-15-5-4-6-33(61)54-25-10-7-22(8-11-25)36-35(38-52-21-53-58(38)3)37-34-29(40(63)57-56-37)16-24(45)17-32(34)55-36/h7-14,16-19,21,35-36,55H,4-6,15H2,1-3H3,(H,51,62)(H,54,61)(H,57,63). The number of alkyl halides is 3. The summed E-state index contributed by atoms with van der Waals surface area (Å²) in [6, 6.07) is 16.8. The molecule has 0 spiro atoms. The predicted molar refractivity (Wildman–Crippen MR) is 232 cm³/mol. The van der Waals surface area contributed by atoms with Gasteiger partial charge < -0.3 is 20.9 Å². The van der Waals surface area contributed by atoms with E-state index in [4.69, 9.17) is 12.2 Å². The van der Waals surface area contributed by atoms with Gasteiger partial charge in [-0.2, -0.15) is 28.6 Å². The Morgan fingerprint density at radius 1 is 0.985 bits per heavy atom. The van der Waals surface area contributed by atoms with Crippen LogP contribution in [0.2, 0.25) is 0 Å². The first-order chi connectivity index (χ1) is 30.9. The fourth-order valence-corrected chi connectivity index (χ4v) is 8.68. The summed E-state index contributed by atoms with van der Waals surface area (Å²) in [5, 5.41) is 29.5. The van der Waals surface area contributed by atoms with E-state index in [2.05, 4.69) is 36.2 Å². The second-order valence-corrected chi connectivity index (χ2v) is 16.2. The van der Waals surface area contributed by atoms with E-state index in [1.807, 2.05) is 0 Å². The highest BCUT2D eigenvalue weighted by Gasteiger charge is 2.51. The molecular weight excluding hydrogens is 874 g/mol. The van der Waals surface area contributed by atoms with Crippen LogP contribution >= 0.6 is 12.2 Å². The number of carbonyl (C=O) groups excluding carboxylic acids is 3. The van der Waals surface area contributed by atoms with E-state index in [9.17, 15) is 42.0 Å². The van der Waals surface area contributed by atoms with Crippen LogP contribution in [-0.4, -0.2) is 59.9 Å². The maximum atomic E-state index is 15.5. The summed E-state index contributed by atoms with van der Waals surface area (Å²) >= 11 is 5.52. The number of aromatic amines is 1. The van der Waals surface area contributed by atoms with Crippen LogP contribution in [0.4, 0.5) is 44.7 Å². The van der Waals surface area contributed by atoms with Crippen molar-refractivity contribution in [3.63, 3.8) is 0 Å². The molecule has 2 aliphatic heterocycles. The first kappa shape index (κ1) is 44.0. The van der Waals surface area contributed by atoms with Crippen LogP contribution < -0.4 is 31.3 Å². The number of benzene rings is 4. The van der Waals surface area contributed by atoms with Crippen molar-refractivity contribution in [2.75, 3.05) is 27.0 Å². The molecule has 6 aromatic rings. The Hall–Kier alpha value is -7.60. The minimum atomic E-state index is -4.88. The molecule has 1 fully saturated rings. The third-order valence-electron chi connectivity index (χ3n) is 11.3. The van der Waals surface area contributed by atoms with Crippen molar-refractivity contribution < 1.29 is 36.3 Å². The summed E-state index contributed by atoms with van der Waals surface area (Å²) in [6.45, 7) is 3.04. The smallest absolute Gasteiger partial charge is 0.376 e. The van der Waals surface area contributed by atoms with Crippen molar-refractivity contribution in [1.82, 2.24) is 30.3 Å². The molecule has 0 bridgehead atoms. The molecule has 2 aromatic heterocycles. The molecule has 1 saturated heterocycles. The number of halogens is 5. The van der Waals surface area contributed by atoms with Gasteiger partial charge in [-0.3, -0.25) is 28.8 Å². The molecule has 2 unspecified atom stereocenters. The molecule has 15 nitrogen and oxygen atoms in total. The molecule has 21 heteroatoms. The van der Waals surface area contributed by atoms with Crippen molar-refractivity contribution in [3.8, 4) is 6.07 Å². The highest BCUT2D eigenvalue weighted by Crippen LogP contribution is 2.46. The number of carbonyl (C=O) groups is 3. The summed E-state index contributed by atoms with van der Waals surface area (Å²) in [4.78, 5) is 58.6. The number of hydrogen-bond donors (Lipinski definition) is 4. The number of nitrogens with one attached hydrogen (secondary N) is 4. The average molecular weight is 910 g/mol. The molecule has 0 saturated carbocycles. The van der Waals surface area contributed by atoms with E-state index in [-0.39, 0.29) is 46.3 Å². The van der Waals surface area contributed by atoms with Crippen LogP contribution in [-0.2, 0) is 22.8 Å². The normalized spacial score (nSPS) is 16.7. The highest BCUT2D eigenvalue weighted by atomic mass is 32.1. The largest absolute Gasteiger partial charge is 0.417 e. The van der Waals surface area contributed by atoms with Crippen LogP contribution in [0.15, 0.2) is 83.9 Å². The third-order valence-corrected chi connectivity index (χ3v) is 11.7. The second-order valence-electron chi connectivity index (χ2n) is 15.9. The molecular formula is C44H36F5N11O4S. The van der Waals surface area contributed by atoms with Gasteiger partial charge in [0.2, 0.25) is 5.91 Å². The number of rotatable bonds is 11. The van der Waals surface area contributed by atoms with Gasteiger partial charge in [0.05, 0.1) is 51.5 Å². The number of aromatic nitrogens is 5. The second kappa shape index (κ2) is 16.8. The van der Waals surface area contributed by atoms with Gasteiger partial charge in [-0.15, -0.1) is 0 Å². The Morgan fingerprint density at radius 3 is 2.40 bits per heavy atom. The zero-order chi connectivity index (χ0) is 46.5. The lowest BCUT2D eigenvalue weighted by molar-refractivity contribution is -0.137. The zero-order valence-corrected chi connectivity index (χ0v) is 35.4. The lowest BCUT2D eigenvalue weighted by Gasteiger charge is -2.33. The molecule has 3 amide bonds. The molecule has 65 heavy (non-hydrogen) atoms. The summed E-state index contributed by atoms with van der Waals surface area (Å²) in [7, 11) is 1.73. The fourth-order valence-electron chi connectivity index (χ4n) is 8.16. The average Bonchev–Trinajstić information content (AvgIpc) is 3.76. The number of H-pyrrole nitrogens is 1. The Bertz CT molecular complexity index is 3040. The number of nitrogens with zero attached hydrogens (tertiary/aromatic N) is 7.